The zero-order chi connectivity index (χ0) is 14.2. The number of para-hydroxylation sites is 1. The van der Waals surface area contributed by atoms with Gasteiger partial charge in [0.25, 0.3) is 0 Å². The van der Waals surface area contributed by atoms with Gasteiger partial charge in [-0.05, 0) is 50.4 Å². The van der Waals surface area contributed by atoms with Crippen molar-refractivity contribution in [1.82, 2.24) is 4.90 Å². The summed E-state index contributed by atoms with van der Waals surface area (Å²) in [4.78, 5) is 2.49. The van der Waals surface area contributed by atoms with Crippen molar-refractivity contribution in [3.63, 3.8) is 0 Å². The van der Waals surface area contributed by atoms with E-state index in [9.17, 15) is 0 Å². The van der Waals surface area contributed by atoms with E-state index in [1.165, 1.54) is 38.8 Å². The first kappa shape index (κ1) is 14.9. The first-order valence-corrected chi connectivity index (χ1v) is 7.67. The van der Waals surface area contributed by atoms with Crippen LogP contribution in [0.5, 0.6) is 5.75 Å². The van der Waals surface area contributed by atoms with Gasteiger partial charge < -0.3 is 4.74 Å². The second-order valence-corrected chi connectivity index (χ2v) is 5.50. The molecule has 1 aliphatic rings. The Morgan fingerprint density at radius 1 is 1.30 bits per heavy atom. The third-order valence-corrected chi connectivity index (χ3v) is 4.19. The van der Waals surface area contributed by atoms with Crippen LogP contribution in [0.15, 0.2) is 24.3 Å². The highest BCUT2D eigenvalue weighted by Gasteiger charge is 2.15. The second kappa shape index (κ2) is 7.91. The van der Waals surface area contributed by atoms with Gasteiger partial charge in [-0.25, -0.2) is 0 Å². The van der Waals surface area contributed by atoms with Gasteiger partial charge in [-0.15, -0.1) is 0 Å². The maximum atomic E-state index is 9.02. The zero-order valence-electron chi connectivity index (χ0n) is 12.3. The highest BCUT2D eigenvalue weighted by atomic mass is 16.5. The Kier molecular flexibility index (Phi) is 5.88. The predicted molar refractivity (Wildman–Crippen MR) is 80.7 cm³/mol. The fraction of sp³-hybridized carbons (Fsp3) is 0.588. The molecule has 1 saturated heterocycles. The summed E-state index contributed by atoms with van der Waals surface area (Å²) >= 11 is 0. The molecule has 1 atom stereocenters. The van der Waals surface area contributed by atoms with Crippen LogP contribution in [-0.4, -0.2) is 31.1 Å². The number of nitriles is 1. The molecule has 0 aliphatic carbocycles. The first-order valence-electron chi connectivity index (χ1n) is 7.67. The van der Waals surface area contributed by atoms with E-state index in [0.29, 0.717) is 17.9 Å². The van der Waals surface area contributed by atoms with Gasteiger partial charge in [0, 0.05) is 6.54 Å². The normalized spacial score (nSPS) is 20.1. The van der Waals surface area contributed by atoms with Gasteiger partial charge in [0.05, 0.1) is 5.56 Å². The molecule has 0 aromatic heterocycles. The van der Waals surface area contributed by atoms with E-state index in [1.807, 2.05) is 18.2 Å². The summed E-state index contributed by atoms with van der Waals surface area (Å²) in [5, 5.41) is 9.02. The van der Waals surface area contributed by atoms with E-state index < -0.39 is 0 Å². The quantitative estimate of drug-likeness (QED) is 0.823. The van der Waals surface area contributed by atoms with Crippen molar-refractivity contribution in [2.45, 2.75) is 32.6 Å². The molecule has 20 heavy (non-hydrogen) atoms. The summed E-state index contributed by atoms with van der Waals surface area (Å²) in [6.07, 6.45) is 5.28. The van der Waals surface area contributed by atoms with Gasteiger partial charge in [0.15, 0.2) is 0 Å². The lowest BCUT2D eigenvalue weighted by molar-refractivity contribution is 0.212. The number of hydrogen-bond acceptors (Lipinski definition) is 3. The summed E-state index contributed by atoms with van der Waals surface area (Å²) in [6, 6.07) is 9.61. The molecule has 3 nitrogen and oxygen atoms in total. The molecule has 0 bridgehead atoms. The largest absolute Gasteiger partial charge is 0.491 e. The van der Waals surface area contributed by atoms with Gasteiger partial charge in [-0.2, -0.15) is 5.26 Å². The fourth-order valence-electron chi connectivity index (χ4n) is 2.83. The number of benzene rings is 1. The maximum absolute atomic E-state index is 9.02. The van der Waals surface area contributed by atoms with E-state index in [-0.39, 0.29) is 0 Å². The van der Waals surface area contributed by atoms with Crippen LogP contribution in [0.2, 0.25) is 0 Å². The molecule has 0 N–H and O–H groups in total. The number of nitrogens with zero attached hydrogens (tertiary/aromatic N) is 2. The van der Waals surface area contributed by atoms with Crippen LogP contribution in [0.3, 0.4) is 0 Å². The lowest BCUT2D eigenvalue weighted by Gasteiger charge is -2.20. The molecular weight excluding hydrogens is 248 g/mol. The number of rotatable bonds is 5. The molecule has 0 radical (unpaired) electrons. The molecule has 0 amide bonds. The highest BCUT2D eigenvalue weighted by molar-refractivity contribution is 5.42. The number of hydrogen-bond donors (Lipinski definition) is 0. The average Bonchev–Trinajstić information content (AvgIpc) is 2.73. The minimum absolute atomic E-state index is 0.620. The van der Waals surface area contributed by atoms with Gasteiger partial charge in [-0.3, -0.25) is 4.90 Å². The lowest BCUT2D eigenvalue weighted by Crippen LogP contribution is -2.29. The minimum Gasteiger partial charge on any atom is -0.491 e. The molecule has 1 unspecified atom stereocenters. The molecule has 0 spiro atoms. The van der Waals surface area contributed by atoms with E-state index >= 15 is 0 Å². The van der Waals surface area contributed by atoms with Crippen LogP contribution >= 0.6 is 0 Å². The molecule has 0 saturated carbocycles. The van der Waals surface area contributed by atoms with Crippen LogP contribution in [0.4, 0.5) is 0 Å². The number of likely N-dealkylation sites (tertiary alicyclic amines) is 1. The van der Waals surface area contributed by atoms with Crippen LogP contribution < -0.4 is 4.74 Å². The third-order valence-electron chi connectivity index (χ3n) is 4.19. The SMILES string of the molecule is CCC1CCCN(CCOc2ccccc2C#N)CC1. The monoisotopic (exact) mass is 272 g/mol. The predicted octanol–water partition coefficient (Wildman–Crippen LogP) is 3.45. The van der Waals surface area contributed by atoms with E-state index in [2.05, 4.69) is 17.9 Å². The Hall–Kier alpha value is -1.53. The molecule has 1 heterocycles. The maximum Gasteiger partial charge on any atom is 0.137 e. The number of ether oxygens (including phenoxy) is 1. The third kappa shape index (κ3) is 4.25. The van der Waals surface area contributed by atoms with Crippen molar-refractivity contribution in [3.05, 3.63) is 29.8 Å². The van der Waals surface area contributed by atoms with Crippen molar-refractivity contribution in [3.8, 4) is 11.8 Å². The minimum atomic E-state index is 0.620. The van der Waals surface area contributed by atoms with Gasteiger partial charge in [0.2, 0.25) is 0 Å². The van der Waals surface area contributed by atoms with E-state index in [4.69, 9.17) is 10.00 Å². The first-order chi connectivity index (χ1) is 9.83. The standard InChI is InChI=1S/C17H24N2O/c1-2-15-6-5-10-19(11-9-15)12-13-20-17-8-4-3-7-16(17)14-18/h3-4,7-8,15H,2,5-6,9-13H2,1H3. The van der Waals surface area contributed by atoms with Crippen molar-refractivity contribution in [2.75, 3.05) is 26.2 Å². The lowest BCUT2D eigenvalue weighted by atomic mass is 9.98. The molecule has 1 fully saturated rings. The van der Waals surface area contributed by atoms with Crippen LogP contribution in [0.25, 0.3) is 0 Å². The van der Waals surface area contributed by atoms with Gasteiger partial charge >= 0.3 is 0 Å². The smallest absolute Gasteiger partial charge is 0.137 e. The molecule has 1 aliphatic heterocycles. The Morgan fingerprint density at radius 2 is 2.15 bits per heavy atom. The fourth-order valence-corrected chi connectivity index (χ4v) is 2.83. The Bertz CT molecular complexity index is 453. The summed E-state index contributed by atoms with van der Waals surface area (Å²) in [7, 11) is 0. The van der Waals surface area contributed by atoms with Crippen molar-refractivity contribution >= 4 is 0 Å². The van der Waals surface area contributed by atoms with Crippen molar-refractivity contribution < 1.29 is 4.74 Å². The zero-order valence-corrected chi connectivity index (χ0v) is 12.3. The van der Waals surface area contributed by atoms with Gasteiger partial charge in [-0.1, -0.05) is 25.5 Å². The van der Waals surface area contributed by atoms with Gasteiger partial charge in [0.1, 0.15) is 18.4 Å². The van der Waals surface area contributed by atoms with Crippen LogP contribution in [0, 0.1) is 17.2 Å². The molecule has 2 rings (SSSR count). The molecule has 3 heteroatoms. The topological polar surface area (TPSA) is 36.3 Å². The van der Waals surface area contributed by atoms with Crippen molar-refractivity contribution in [1.29, 1.82) is 5.26 Å². The van der Waals surface area contributed by atoms with E-state index in [0.717, 1.165) is 12.5 Å². The Balaban J connectivity index is 1.77. The van der Waals surface area contributed by atoms with Crippen LogP contribution in [-0.2, 0) is 0 Å². The summed E-state index contributed by atoms with van der Waals surface area (Å²) in [6.45, 7) is 6.27. The summed E-state index contributed by atoms with van der Waals surface area (Å²) in [5.74, 6) is 1.61. The van der Waals surface area contributed by atoms with E-state index in [1.54, 1.807) is 6.07 Å². The molecule has 1 aromatic rings. The molecule has 1 aromatic carbocycles. The Labute approximate surface area is 122 Å². The Morgan fingerprint density at radius 3 is 2.95 bits per heavy atom. The second-order valence-electron chi connectivity index (χ2n) is 5.50. The average molecular weight is 272 g/mol. The summed E-state index contributed by atoms with van der Waals surface area (Å²) < 4.78 is 5.76. The van der Waals surface area contributed by atoms with Crippen molar-refractivity contribution in [2.24, 2.45) is 5.92 Å². The molecular formula is C17H24N2O. The van der Waals surface area contributed by atoms with Crippen LogP contribution in [0.1, 0.15) is 38.2 Å². The molecule has 108 valence electrons. The highest BCUT2D eigenvalue weighted by Crippen LogP contribution is 2.20. The summed E-state index contributed by atoms with van der Waals surface area (Å²) in [5.41, 5.74) is 0.620.